The van der Waals surface area contributed by atoms with Crippen LogP contribution >= 0.6 is 35.6 Å². The van der Waals surface area contributed by atoms with E-state index in [0.29, 0.717) is 32.3 Å². The topological polar surface area (TPSA) is 33.5 Å². The van der Waals surface area contributed by atoms with Gasteiger partial charge in [0.2, 0.25) is 0 Å². The molecule has 2 heterocycles. The van der Waals surface area contributed by atoms with Crippen molar-refractivity contribution in [2.75, 3.05) is 6.54 Å². The maximum absolute atomic E-state index is 12.3. The third-order valence-corrected chi connectivity index (χ3v) is 4.93. The van der Waals surface area contributed by atoms with E-state index in [1.165, 1.54) is 16.7 Å². The van der Waals surface area contributed by atoms with Crippen molar-refractivity contribution < 1.29 is 9.21 Å². The number of halogens is 1. The lowest BCUT2D eigenvalue weighted by molar-refractivity contribution is -0.121. The molecule has 0 saturated carbocycles. The summed E-state index contributed by atoms with van der Waals surface area (Å²) in [6, 6.07) is 11.1. The smallest absolute Gasteiger partial charge is 0.266 e. The average molecular weight is 362 g/mol. The van der Waals surface area contributed by atoms with Crippen LogP contribution in [0, 0.1) is 0 Å². The Morgan fingerprint density at radius 3 is 2.83 bits per heavy atom. The van der Waals surface area contributed by atoms with E-state index in [1.54, 1.807) is 24.3 Å². The highest BCUT2D eigenvalue weighted by molar-refractivity contribution is 8.26. The predicted molar refractivity (Wildman–Crippen MR) is 99.2 cm³/mol. The van der Waals surface area contributed by atoms with Crippen molar-refractivity contribution in [3.63, 3.8) is 0 Å². The van der Waals surface area contributed by atoms with Crippen molar-refractivity contribution in [3.8, 4) is 11.3 Å². The maximum atomic E-state index is 12.3. The molecule has 0 radical (unpaired) electrons. The third kappa shape index (κ3) is 3.27. The number of hydrogen-bond donors (Lipinski definition) is 0. The number of benzene rings is 1. The molecule has 6 heteroatoms. The molecule has 0 aliphatic carbocycles. The first-order valence-corrected chi connectivity index (χ1v) is 8.41. The Morgan fingerprint density at radius 1 is 1.30 bits per heavy atom. The Morgan fingerprint density at radius 2 is 2.09 bits per heavy atom. The number of furan rings is 1. The summed E-state index contributed by atoms with van der Waals surface area (Å²) in [5, 5.41) is 0.616. The number of thiocarbonyl (C=S) groups is 1. The standard InChI is InChI=1S/C17H12ClNO2S2/c1-2-9-19-16(20)15(23-17(19)22)10-11-7-8-14(21-11)12-5-3-4-6-13(12)18/h2-8,10H,1,9H2. The molecule has 0 spiro atoms. The summed E-state index contributed by atoms with van der Waals surface area (Å²) < 4.78 is 6.31. The predicted octanol–water partition coefficient (Wildman–Crippen LogP) is 4.99. The average Bonchev–Trinajstić information content (AvgIpc) is 3.09. The Balaban J connectivity index is 1.87. The normalized spacial score (nSPS) is 16.4. The van der Waals surface area contributed by atoms with Crippen LogP contribution in [0.1, 0.15) is 5.76 Å². The molecule has 1 aliphatic heterocycles. The van der Waals surface area contributed by atoms with Crippen LogP contribution in [-0.4, -0.2) is 21.7 Å². The van der Waals surface area contributed by atoms with Crippen LogP contribution in [0.25, 0.3) is 17.4 Å². The van der Waals surface area contributed by atoms with Crippen molar-refractivity contribution in [2.24, 2.45) is 0 Å². The van der Waals surface area contributed by atoms with E-state index in [9.17, 15) is 4.79 Å². The van der Waals surface area contributed by atoms with Crippen molar-refractivity contribution in [1.29, 1.82) is 0 Å². The summed E-state index contributed by atoms with van der Waals surface area (Å²) in [6.45, 7) is 4.04. The second kappa shape index (κ2) is 6.74. The first-order chi connectivity index (χ1) is 11.1. The zero-order valence-corrected chi connectivity index (χ0v) is 14.4. The molecule has 1 amide bonds. The van der Waals surface area contributed by atoms with Gasteiger partial charge >= 0.3 is 0 Å². The summed E-state index contributed by atoms with van der Waals surface area (Å²) in [4.78, 5) is 14.3. The van der Waals surface area contributed by atoms with Gasteiger partial charge in [-0.2, -0.15) is 0 Å². The summed E-state index contributed by atoms with van der Waals surface area (Å²) in [6.07, 6.45) is 3.35. The fourth-order valence-corrected chi connectivity index (χ4v) is 3.64. The minimum absolute atomic E-state index is 0.129. The van der Waals surface area contributed by atoms with Gasteiger partial charge in [0.1, 0.15) is 15.8 Å². The second-order valence-corrected chi connectivity index (χ2v) is 6.85. The van der Waals surface area contributed by atoms with Crippen LogP contribution < -0.4 is 0 Å². The number of carbonyl (C=O) groups is 1. The molecular weight excluding hydrogens is 350 g/mol. The van der Waals surface area contributed by atoms with Crippen LogP contribution in [0.2, 0.25) is 5.02 Å². The first kappa shape index (κ1) is 16.1. The molecule has 3 rings (SSSR count). The van der Waals surface area contributed by atoms with E-state index in [-0.39, 0.29) is 5.91 Å². The van der Waals surface area contributed by atoms with Crippen LogP contribution in [0.3, 0.4) is 0 Å². The monoisotopic (exact) mass is 361 g/mol. The van der Waals surface area contributed by atoms with E-state index >= 15 is 0 Å². The largest absolute Gasteiger partial charge is 0.457 e. The molecule has 1 saturated heterocycles. The van der Waals surface area contributed by atoms with Gasteiger partial charge < -0.3 is 4.42 Å². The van der Waals surface area contributed by atoms with Crippen LogP contribution in [0.4, 0.5) is 0 Å². The minimum atomic E-state index is -0.129. The Kier molecular flexibility index (Phi) is 4.71. The Labute approximate surface area is 148 Å². The molecule has 0 bridgehead atoms. The molecule has 0 N–H and O–H groups in total. The number of amides is 1. The molecule has 23 heavy (non-hydrogen) atoms. The summed E-state index contributed by atoms with van der Waals surface area (Å²) in [7, 11) is 0. The number of nitrogens with zero attached hydrogens (tertiary/aromatic N) is 1. The van der Waals surface area contributed by atoms with Gasteiger partial charge in [0.15, 0.2) is 0 Å². The Hall–Kier alpha value is -1.82. The quantitative estimate of drug-likeness (QED) is 0.436. The fraction of sp³-hybridized carbons (Fsp3) is 0.0588. The third-order valence-electron chi connectivity index (χ3n) is 3.22. The molecule has 1 aliphatic rings. The highest BCUT2D eigenvalue weighted by Gasteiger charge is 2.31. The number of rotatable bonds is 4. The molecule has 3 nitrogen and oxygen atoms in total. The van der Waals surface area contributed by atoms with Crippen molar-refractivity contribution >= 4 is 51.9 Å². The highest BCUT2D eigenvalue weighted by Crippen LogP contribution is 2.34. The summed E-state index contributed by atoms with van der Waals surface area (Å²) in [5.41, 5.74) is 0.813. The van der Waals surface area contributed by atoms with Gasteiger partial charge in [0.05, 0.1) is 9.93 Å². The van der Waals surface area contributed by atoms with Crippen LogP contribution in [-0.2, 0) is 4.79 Å². The number of hydrogen-bond acceptors (Lipinski definition) is 4. The second-order valence-electron chi connectivity index (χ2n) is 4.76. The summed E-state index contributed by atoms with van der Waals surface area (Å²) >= 11 is 12.6. The van der Waals surface area contributed by atoms with E-state index in [0.717, 1.165) is 5.56 Å². The molecule has 1 fully saturated rings. The SMILES string of the molecule is C=CCN1C(=O)C(=Cc2ccc(-c3ccccc3Cl)o2)SC1=S. The molecule has 1 aromatic heterocycles. The van der Waals surface area contributed by atoms with Gasteiger partial charge in [-0.3, -0.25) is 9.69 Å². The van der Waals surface area contributed by atoms with Crippen molar-refractivity contribution in [3.05, 3.63) is 64.7 Å². The Bertz CT molecular complexity index is 826. The summed E-state index contributed by atoms with van der Waals surface area (Å²) in [5.74, 6) is 1.11. The molecular formula is C17H12ClNO2S2. The highest BCUT2D eigenvalue weighted by atomic mass is 35.5. The molecule has 116 valence electrons. The van der Waals surface area contributed by atoms with E-state index in [1.807, 2.05) is 24.3 Å². The van der Waals surface area contributed by atoms with Gasteiger partial charge in [0, 0.05) is 18.2 Å². The van der Waals surface area contributed by atoms with Gasteiger partial charge in [-0.15, -0.1) is 6.58 Å². The lowest BCUT2D eigenvalue weighted by atomic mass is 10.2. The van der Waals surface area contributed by atoms with Crippen molar-refractivity contribution in [2.45, 2.75) is 0 Å². The van der Waals surface area contributed by atoms with E-state index in [2.05, 4.69) is 6.58 Å². The molecule has 2 aromatic rings. The van der Waals surface area contributed by atoms with Gasteiger partial charge in [-0.05, 0) is 24.3 Å². The van der Waals surface area contributed by atoms with Crippen LogP contribution in [0.15, 0.2) is 58.4 Å². The van der Waals surface area contributed by atoms with Gasteiger partial charge in [-0.1, -0.05) is 53.8 Å². The fourth-order valence-electron chi connectivity index (χ4n) is 2.15. The number of carbonyl (C=O) groups excluding carboxylic acids is 1. The molecule has 0 atom stereocenters. The van der Waals surface area contributed by atoms with E-state index < -0.39 is 0 Å². The first-order valence-electron chi connectivity index (χ1n) is 6.81. The minimum Gasteiger partial charge on any atom is -0.457 e. The van der Waals surface area contributed by atoms with Crippen LogP contribution in [0.5, 0.6) is 0 Å². The zero-order valence-electron chi connectivity index (χ0n) is 12.0. The van der Waals surface area contributed by atoms with Gasteiger partial charge in [0.25, 0.3) is 5.91 Å². The number of thioether (sulfide) groups is 1. The lowest BCUT2D eigenvalue weighted by Crippen LogP contribution is -2.27. The van der Waals surface area contributed by atoms with Crippen molar-refractivity contribution in [1.82, 2.24) is 4.90 Å². The lowest BCUT2D eigenvalue weighted by Gasteiger charge is -2.10. The molecule has 0 unspecified atom stereocenters. The maximum Gasteiger partial charge on any atom is 0.266 e. The molecule has 1 aromatic carbocycles. The van der Waals surface area contributed by atoms with Gasteiger partial charge in [-0.25, -0.2) is 0 Å². The van der Waals surface area contributed by atoms with E-state index in [4.69, 9.17) is 28.2 Å². The zero-order chi connectivity index (χ0) is 16.4.